The summed E-state index contributed by atoms with van der Waals surface area (Å²) in [7, 11) is 1.26. The van der Waals surface area contributed by atoms with Crippen LogP contribution < -0.4 is 11.1 Å². The SMILES string of the molecule is CCCC(N)C(=O)Nc1ccc(Cl)c(C(=O)OC)c1. The summed E-state index contributed by atoms with van der Waals surface area (Å²) in [6, 6.07) is 4.02. The maximum atomic E-state index is 11.8. The molecule has 1 rings (SSSR count). The number of esters is 1. The van der Waals surface area contributed by atoms with E-state index in [0.717, 1.165) is 6.42 Å². The van der Waals surface area contributed by atoms with E-state index in [9.17, 15) is 9.59 Å². The number of nitrogens with one attached hydrogen (secondary N) is 1. The van der Waals surface area contributed by atoms with Gasteiger partial charge in [-0.25, -0.2) is 4.79 Å². The predicted octanol–water partition coefficient (Wildman–Crippen LogP) is 2.19. The molecule has 0 saturated carbocycles. The van der Waals surface area contributed by atoms with Crippen molar-refractivity contribution in [3.63, 3.8) is 0 Å². The van der Waals surface area contributed by atoms with Crippen LogP contribution in [0.25, 0.3) is 0 Å². The zero-order valence-corrected chi connectivity index (χ0v) is 11.7. The summed E-state index contributed by atoms with van der Waals surface area (Å²) in [6.07, 6.45) is 1.42. The average Bonchev–Trinajstić information content (AvgIpc) is 2.40. The number of anilines is 1. The van der Waals surface area contributed by atoms with Crippen molar-refractivity contribution in [2.75, 3.05) is 12.4 Å². The lowest BCUT2D eigenvalue weighted by molar-refractivity contribution is -0.117. The highest BCUT2D eigenvalue weighted by atomic mass is 35.5. The van der Waals surface area contributed by atoms with Crippen LogP contribution in [0.5, 0.6) is 0 Å². The Hall–Kier alpha value is -1.59. The van der Waals surface area contributed by atoms with Gasteiger partial charge in [0.15, 0.2) is 0 Å². The van der Waals surface area contributed by atoms with Crippen LogP contribution in [0.3, 0.4) is 0 Å². The molecule has 1 atom stereocenters. The van der Waals surface area contributed by atoms with Crippen molar-refractivity contribution in [2.24, 2.45) is 5.73 Å². The Kier molecular flexibility index (Phi) is 5.79. The minimum Gasteiger partial charge on any atom is -0.465 e. The number of rotatable bonds is 5. The number of ether oxygens (including phenoxy) is 1. The minimum absolute atomic E-state index is 0.200. The van der Waals surface area contributed by atoms with Crippen LogP contribution in [0.2, 0.25) is 5.02 Å². The fraction of sp³-hybridized carbons (Fsp3) is 0.385. The van der Waals surface area contributed by atoms with Gasteiger partial charge < -0.3 is 15.8 Å². The largest absolute Gasteiger partial charge is 0.465 e. The first-order chi connectivity index (χ1) is 8.99. The Morgan fingerprint density at radius 2 is 2.16 bits per heavy atom. The third-order valence-corrected chi connectivity index (χ3v) is 2.91. The summed E-state index contributed by atoms with van der Waals surface area (Å²) < 4.78 is 4.60. The molecule has 6 heteroatoms. The van der Waals surface area contributed by atoms with Crippen LogP contribution in [0, 0.1) is 0 Å². The highest BCUT2D eigenvalue weighted by molar-refractivity contribution is 6.33. The second kappa shape index (κ2) is 7.11. The van der Waals surface area contributed by atoms with Crippen molar-refractivity contribution >= 4 is 29.2 Å². The van der Waals surface area contributed by atoms with Gasteiger partial charge in [-0.2, -0.15) is 0 Å². The standard InChI is InChI=1S/C13H17ClN2O3/c1-3-4-11(15)12(17)16-8-5-6-10(14)9(7-8)13(18)19-2/h5-7,11H,3-4,15H2,1-2H3,(H,16,17). The Balaban J connectivity index is 2.85. The van der Waals surface area contributed by atoms with Crippen molar-refractivity contribution in [1.82, 2.24) is 0 Å². The van der Waals surface area contributed by atoms with Gasteiger partial charge in [-0.1, -0.05) is 24.9 Å². The Morgan fingerprint density at radius 1 is 1.47 bits per heavy atom. The van der Waals surface area contributed by atoms with Gasteiger partial charge in [0.25, 0.3) is 0 Å². The van der Waals surface area contributed by atoms with Gasteiger partial charge in [0.2, 0.25) is 5.91 Å². The van der Waals surface area contributed by atoms with Crippen molar-refractivity contribution in [2.45, 2.75) is 25.8 Å². The van der Waals surface area contributed by atoms with E-state index in [1.807, 2.05) is 6.92 Å². The zero-order chi connectivity index (χ0) is 14.4. The van der Waals surface area contributed by atoms with Crippen LogP contribution in [0.1, 0.15) is 30.1 Å². The van der Waals surface area contributed by atoms with E-state index in [-0.39, 0.29) is 16.5 Å². The van der Waals surface area contributed by atoms with Crippen molar-refractivity contribution in [1.29, 1.82) is 0 Å². The molecule has 0 saturated heterocycles. The average molecular weight is 285 g/mol. The first-order valence-corrected chi connectivity index (χ1v) is 6.31. The van der Waals surface area contributed by atoms with E-state index in [4.69, 9.17) is 17.3 Å². The molecular formula is C13H17ClN2O3. The Bertz CT molecular complexity index is 477. The van der Waals surface area contributed by atoms with E-state index in [1.165, 1.54) is 19.2 Å². The molecule has 0 fully saturated rings. The molecule has 0 spiro atoms. The van der Waals surface area contributed by atoms with Gasteiger partial charge in [-0.15, -0.1) is 0 Å². The summed E-state index contributed by atoms with van der Waals surface area (Å²) in [4.78, 5) is 23.2. The Morgan fingerprint density at radius 3 is 2.74 bits per heavy atom. The molecule has 0 radical (unpaired) electrons. The summed E-state index contributed by atoms with van der Waals surface area (Å²) in [5.74, 6) is -0.848. The molecular weight excluding hydrogens is 268 g/mol. The Labute approximate surface area is 117 Å². The molecule has 19 heavy (non-hydrogen) atoms. The van der Waals surface area contributed by atoms with Crippen molar-refractivity contribution < 1.29 is 14.3 Å². The van der Waals surface area contributed by atoms with E-state index >= 15 is 0 Å². The lowest BCUT2D eigenvalue weighted by Crippen LogP contribution is -2.35. The van der Waals surface area contributed by atoms with Gasteiger partial charge in [0, 0.05) is 5.69 Å². The quantitative estimate of drug-likeness (QED) is 0.812. The van der Waals surface area contributed by atoms with Gasteiger partial charge in [-0.3, -0.25) is 4.79 Å². The molecule has 0 bridgehead atoms. The highest BCUT2D eigenvalue weighted by Gasteiger charge is 2.15. The number of carbonyl (C=O) groups is 2. The molecule has 104 valence electrons. The van der Waals surface area contributed by atoms with E-state index < -0.39 is 12.0 Å². The van der Waals surface area contributed by atoms with Crippen LogP contribution in [-0.4, -0.2) is 25.0 Å². The van der Waals surface area contributed by atoms with Gasteiger partial charge >= 0.3 is 5.97 Å². The van der Waals surface area contributed by atoms with Gasteiger partial charge in [-0.05, 0) is 24.6 Å². The lowest BCUT2D eigenvalue weighted by atomic mass is 10.1. The molecule has 0 aromatic heterocycles. The molecule has 0 heterocycles. The highest BCUT2D eigenvalue weighted by Crippen LogP contribution is 2.21. The molecule has 5 nitrogen and oxygen atoms in total. The molecule has 1 aromatic rings. The first kappa shape index (κ1) is 15.5. The molecule has 0 aliphatic carbocycles. The second-order valence-electron chi connectivity index (χ2n) is 4.07. The first-order valence-electron chi connectivity index (χ1n) is 5.94. The minimum atomic E-state index is -0.567. The van der Waals surface area contributed by atoms with E-state index in [1.54, 1.807) is 6.07 Å². The number of hydrogen-bond acceptors (Lipinski definition) is 4. The fourth-order valence-electron chi connectivity index (χ4n) is 1.55. The molecule has 1 amide bonds. The van der Waals surface area contributed by atoms with Crippen LogP contribution in [0.4, 0.5) is 5.69 Å². The van der Waals surface area contributed by atoms with Crippen LogP contribution in [-0.2, 0) is 9.53 Å². The third kappa shape index (κ3) is 4.22. The van der Waals surface area contributed by atoms with Crippen LogP contribution in [0.15, 0.2) is 18.2 Å². The third-order valence-electron chi connectivity index (χ3n) is 2.58. The summed E-state index contributed by atoms with van der Waals surface area (Å²) >= 11 is 5.88. The van der Waals surface area contributed by atoms with Crippen molar-refractivity contribution in [3.8, 4) is 0 Å². The number of amides is 1. The summed E-state index contributed by atoms with van der Waals surface area (Å²) in [5.41, 5.74) is 6.36. The smallest absolute Gasteiger partial charge is 0.339 e. The van der Waals surface area contributed by atoms with E-state index in [2.05, 4.69) is 10.1 Å². The molecule has 3 N–H and O–H groups in total. The lowest BCUT2D eigenvalue weighted by Gasteiger charge is -2.12. The molecule has 1 aromatic carbocycles. The number of methoxy groups -OCH3 is 1. The topological polar surface area (TPSA) is 81.4 Å². The number of benzene rings is 1. The molecule has 0 aliphatic heterocycles. The number of halogens is 1. The normalized spacial score (nSPS) is 11.8. The number of hydrogen-bond donors (Lipinski definition) is 2. The van der Waals surface area contributed by atoms with Crippen LogP contribution >= 0.6 is 11.6 Å². The summed E-state index contributed by atoms with van der Waals surface area (Å²) in [6.45, 7) is 1.95. The second-order valence-corrected chi connectivity index (χ2v) is 4.48. The van der Waals surface area contributed by atoms with E-state index in [0.29, 0.717) is 12.1 Å². The number of carbonyl (C=O) groups excluding carboxylic acids is 2. The fourth-order valence-corrected chi connectivity index (χ4v) is 1.74. The predicted molar refractivity (Wildman–Crippen MR) is 74.3 cm³/mol. The monoisotopic (exact) mass is 284 g/mol. The number of nitrogens with two attached hydrogens (primary N) is 1. The molecule has 1 unspecified atom stereocenters. The van der Waals surface area contributed by atoms with Crippen molar-refractivity contribution in [3.05, 3.63) is 28.8 Å². The summed E-state index contributed by atoms with van der Waals surface area (Å²) in [5, 5.41) is 2.91. The van der Waals surface area contributed by atoms with Gasteiger partial charge in [0.05, 0.1) is 23.7 Å². The zero-order valence-electron chi connectivity index (χ0n) is 10.9. The maximum absolute atomic E-state index is 11.8. The van der Waals surface area contributed by atoms with Gasteiger partial charge in [0.1, 0.15) is 0 Å². The maximum Gasteiger partial charge on any atom is 0.339 e. The molecule has 0 aliphatic rings.